The normalized spacial score (nSPS) is 23.6. The lowest BCUT2D eigenvalue weighted by Gasteiger charge is -2.28. The van der Waals surface area contributed by atoms with Gasteiger partial charge in [-0.05, 0) is 18.8 Å². The van der Waals surface area contributed by atoms with Crippen LogP contribution in [0.15, 0.2) is 6.20 Å². The summed E-state index contributed by atoms with van der Waals surface area (Å²) in [6.07, 6.45) is 4.85. The van der Waals surface area contributed by atoms with Crippen LogP contribution in [0.2, 0.25) is 0 Å². The molecule has 1 aliphatic carbocycles. The van der Waals surface area contributed by atoms with Crippen molar-refractivity contribution in [2.24, 2.45) is 11.8 Å². The number of aliphatic carboxylic acids is 1. The average Bonchev–Trinajstić information content (AvgIpc) is 2.90. The number of nitrogens with zero attached hydrogens (tertiary/aromatic N) is 2. The molecule has 1 amide bonds. The van der Waals surface area contributed by atoms with E-state index in [0.29, 0.717) is 13.0 Å². The van der Waals surface area contributed by atoms with E-state index in [4.69, 9.17) is 5.11 Å². The van der Waals surface area contributed by atoms with Crippen molar-refractivity contribution in [3.05, 3.63) is 11.9 Å². The monoisotopic (exact) mass is 252 g/mol. The van der Waals surface area contributed by atoms with Crippen LogP contribution < -0.4 is 5.32 Å². The first kappa shape index (κ1) is 12.5. The second kappa shape index (κ2) is 5.61. The summed E-state index contributed by atoms with van der Waals surface area (Å²) >= 11 is 0. The molecule has 0 bridgehead atoms. The maximum absolute atomic E-state index is 11.6. The molecule has 7 heteroatoms. The van der Waals surface area contributed by atoms with Gasteiger partial charge in [0.1, 0.15) is 0 Å². The fraction of sp³-hybridized carbons (Fsp3) is 0.636. The number of carboxylic acids is 1. The zero-order chi connectivity index (χ0) is 13.0. The van der Waals surface area contributed by atoms with Crippen molar-refractivity contribution in [1.82, 2.24) is 20.7 Å². The summed E-state index contributed by atoms with van der Waals surface area (Å²) in [5.41, 5.74) is 0.220. The summed E-state index contributed by atoms with van der Waals surface area (Å²) in [5, 5.41) is 21.4. The highest BCUT2D eigenvalue weighted by molar-refractivity contribution is 5.91. The molecule has 0 aromatic carbocycles. The molecule has 1 fully saturated rings. The Morgan fingerprint density at radius 2 is 2.22 bits per heavy atom. The van der Waals surface area contributed by atoms with Crippen LogP contribution in [0.3, 0.4) is 0 Å². The summed E-state index contributed by atoms with van der Waals surface area (Å²) in [6.45, 7) is 0.378. The predicted octanol–water partition coefficient (Wildman–Crippen LogP) is 0.425. The molecule has 1 aromatic rings. The third kappa shape index (κ3) is 2.85. The van der Waals surface area contributed by atoms with Gasteiger partial charge in [-0.25, -0.2) is 0 Å². The highest BCUT2D eigenvalue weighted by atomic mass is 16.4. The van der Waals surface area contributed by atoms with Gasteiger partial charge in [-0.3, -0.25) is 9.59 Å². The minimum Gasteiger partial charge on any atom is -0.481 e. The summed E-state index contributed by atoms with van der Waals surface area (Å²) in [4.78, 5) is 22.7. The second-order valence-corrected chi connectivity index (χ2v) is 4.55. The average molecular weight is 252 g/mol. The molecule has 7 nitrogen and oxygen atoms in total. The maximum atomic E-state index is 11.6. The number of carboxylic acid groups (broad SMARTS) is 1. The molecular formula is C11H16N4O3. The van der Waals surface area contributed by atoms with Crippen molar-refractivity contribution < 1.29 is 14.7 Å². The van der Waals surface area contributed by atoms with Gasteiger partial charge in [0.05, 0.1) is 12.1 Å². The number of hydrogen-bond donors (Lipinski definition) is 3. The van der Waals surface area contributed by atoms with Crippen LogP contribution in [0.4, 0.5) is 0 Å². The number of aromatic amines is 1. The summed E-state index contributed by atoms with van der Waals surface area (Å²) in [7, 11) is 0. The molecule has 18 heavy (non-hydrogen) atoms. The number of carbonyl (C=O) groups is 2. The van der Waals surface area contributed by atoms with Gasteiger partial charge < -0.3 is 10.4 Å². The number of aromatic nitrogens is 3. The third-order valence-electron chi connectivity index (χ3n) is 3.40. The molecule has 1 heterocycles. The molecule has 1 aromatic heterocycles. The van der Waals surface area contributed by atoms with Gasteiger partial charge in [0.25, 0.3) is 5.91 Å². The Morgan fingerprint density at radius 1 is 1.44 bits per heavy atom. The lowest BCUT2D eigenvalue weighted by atomic mass is 9.79. The Hall–Kier alpha value is -1.92. The molecule has 3 N–H and O–H groups in total. The first-order valence-electron chi connectivity index (χ1n) is 6.05. The zero-order valence-corrected chi connectivity index (χ0v) is 9.93. The zero-order valence-electron chi connectivity index (χ0n) is 9.93. The molecule has 98 valence electrons. The fourth-order valence-electron chi connectivity index (χ4n) is 2.40. The molecule has 0 saturated heterocycles. The number of amides is 1. The van der Waals surface area contributed by atoms with Crippen LogP contribution in [0, 0.1) is 11.8 Å². The molecule has 0 aliphatic heterocycles. The largest absolute Gasteiger partial charge is 0.481 e. The SMILES string of the molecule is O=C(NCC1CCCCC1C(=O)O)c1cn[nH]n1. The van der Waals surface area contributed by atoms with Crippen molar-refractivity contribution in [3.8, 4) is 0 Å². The topological polar surface area (TPSA) is 108 Å². The fourth-order valence-corrected chi connectivity index (χ4v) is 2.40. The standard InChI is InChI=1S/C11H16N4O3/c16-10(9-6-13-15-14-9)12-5-7-3-1-2-4-8(7)11(17)18/h6-8H,1-5H2,(H,12,16)(H,17,18)(H,13,14,15). The van der Waals surface area contributed by atoms with Crippen LogP contribution in [0.1, 0.15) is 36.2 Å². The second-order valence-electron chi connectivity index (χ2n) is 4.55. The highest BCUT2D eigenvalue weighted by Gasteiger charge is 2.30. The molecule has 2 unspecified atom stereocenters. The van der Waals surface area contributed by atoms with E-state index in [0.717, 1.165) is 19.3 Å². The third-order valence-corrected chi connectivity index (χ3v) is 3.40. The van der Waals surface area contributed by atoms with Crippen LogP contribution >= 0.6 is 0 Å². The molecule has 0 radical (unpaired) electrons. The molecule has 2 atom stereocenters. The van der Waals surface area contributed by atoms with Gasteiger partial charge in [-0.2, -0.15) is 15.4 Å². The smallest absolute Gasteiger partial charge is 0.306 e. The van der Waals surface area contributed by atoms with Gasteiger partial charge in [0, 0.05) is 6.54 Å². The number of rotatable bonds is 4. The van der Waals surface area contributed by atoms with Crippen LogP contribution in [0.5, 0.6) is 0 Å². The van der Waals surface area contributed by atoms with Crippen molar-refractivity contribution in [2.45, 2.75) is 25.7 Å². The van der Waals surface area contributed by atoms with E-state index in [1.165, 1.54) is 6.20 Å². The van der Waals surface area contributed by atoms with Crippen molar-refractivity contribution >= 4 is 11.9 Å². The van der Waals surface area contributed by atoms with Gasteiger partial charge >= 0.3 is 5.97 Å². The van der Waals surface area contributed by atoms with E-state index in [2.05, 4.69) is 20.7 Å². The van der Waals surface area contributed by atoms with Gasteiger partial charge in [0.2, 0.25) is 0 Å². The summed E-state index contributed by atoms with van der Waals surface area (Å²) < 4.78 is 0. The van der Waals surface area contributed by atoms with Gasteiger partial charge in [-0.15, -0.1) is 0 Å². The van der Waals surface area contributed by atoms with E-state index >= 15 is 0 Å². The van der Waals surface area contributed by atoms with Crippen molar-refractivity contribution in [3.63, 3.8) is 0 Å². The van der Waals surface area contributed by atoms with Crippen molar-refractivity contribution in [2.75, 3.05) is 6.54 Å². The first-order chi connectivity index (χ1) is 8.68. The van der Waals surface area contributed by atoms with E-state index in [9.17, 15) is 9.59 Å². The minimum absolute atomic E-state index is 0.00658. The Labute approximate surface area is 104 Å². The van der Waals surface area contributed by atoms with Crippen LogP contribution in [-0.4, -0.2) is 38.9 Å². The van der Waals surface area contributed by atoms with Crippen LogP contribution in [-0.2, 0) is 4.79 Å². The minimum atomic E-state index is -0.768. The Bertz CT molecular complexity index is 418. The van der Waals surface area contributed by atoms with E-state index in [1.54, 1.807) is 0 Å². The van der Waals surface area contributed by atoms with Crippen LogP contribution in [0.25, 0.3) is 0 Å². The van der Waals surface area contributed by atoms with E-state index in [-0.39, 0.29) is 23.4 Å². The Morgan fingerprint density at radius 3 is 2.89 bits per heavy atom. The quantitative estimate of drug-likeness (QED) is 0.720. The Balaban J connectivity index is 1.88. The number of H-pyrrole nitrogens is 1. The Kier molecular flexibility index (Phi) is 3.91. The summed E-state index contributed by atoms with van der Waals surface area (Å²) in [6, 6.07) is 0. The molecule has 2 rings (SSSR count). The molecular weight excluding hydrogens is 236 g/mol. The molecule has 0 spiro atoms. The number of nitrogens with one attached hydrogen (secondary N) is 2. The lowest BCUT2D eigenvalue weighted by molar-refractivity contribution is -0.144. The highest BCUT2D eigenvalue weighted by Crippen LogP contribution is 2.29. The molecule has 1 aliphatic rings. The maximum Gasteiger partial charge on any atom is 0.306 e. The molecule has 1 saturated carbocycles. The van der Waals surface area contributed by atoms with E-state index in [1.807, 2.05) is 0 Å². The van der Waals surface area contributed by atoms with Crippen molar-refractivity contribution in [1.29, 1.82) is 0 Å². The number of carbonyl (C=O) groups excluding carboxylic acids is 1. The van der Waals surface area contributed by atoms with Gasteiger partial charge in [-0.1, -0.05) is 12.8 Å². The number of hydrogen-bond acceptors (Lipinski definition) is 4. The lowest BCUT2D eigenvalue weighted by Crippen LogP contribution is -2.37. The first-order valence-corrected chi connectivity index (χ1v) is 6.05. The van der Waals surface area contributed by atoms with E-state index < -0.39 is 5.97 Å². The summed E-state index contributed by atoms with van der Waals surface area (Å²) in [5.74, 6) is -1.43. The predicted molar refractivity (Wildman–Crippen MR) is 61.8 cm³/mol. The van der Waals surface area contributed by atoms with Gasteiger partial charge in [0.15, 0.2) is 5.69 Å².